The molecule has 126 valence electrons. The Labute approximate surface area is 157 Å². The number of rotatable bonds is 4. The summed E-state index contributed by atoms with van der Waals surface area (Å²) in [6.45, 7) is 0. The maximum Gasteiger partial charge on any atom is 0.265 e. The van der Waals surface area contributed by atoms with E-state index in [1.54, 1.807) is 36.4 Å². The molecule has 0 aliphatic rings. The lowest BCUT2D eigenvalue weighted by Gasteiger charge is -2.08. The highest BCUT2D eigenvalue weighted by atomic mass is 35.5. The first-order valence-corrected chi connectivity index (χ1v) is 8.74. The van der Waals surface area contributed by atoms with Gasteiger partial charge in [-0.2, -0.15) is 0 Å². The van der Waals surface area contributed by atoms with Crippen LogP contribution in [0.4, 0.5) is 11.5 Å². The van der Waals surface area contributed by atoms with E-state index in [1.807, 2.05) is 5.38 Å². The lowest BCUT2D eigenvalue weighted by Crippen LogP contribution is -2.14. The van der Waals surface area contributed by atoms with Crippen molar-refractivity contribution in [2.45, 2.75) is 0 Å². The van der Waals surface area contributed by atoms with Gasteiger partial charge in [0.05, 0.1) is 14.9 Å². The molecule has 25 heavy (non-hydrogen) atoms. The van der Waals surface area contributed by atoms with Crippen molar-refractivity contribution < 1.29 is 9.59 Å². The van der Waals surface area contributed by atoms with Gasteiger partial charge in [0.15, 0.2) is 0 Å². The molecular formula is C17H11Cl2N3O2S. The predicted molar refractivity (Wildman–Crippen MR) is 101 cm³/mol. The van der Waals surface area contributed by atoms with Crippen LogP contribution in [0.3, 0.4) is 0 Å². The molecule has 1 aromatic carbocycles. The molecule has 0 radical (unpaired) electrons. The second-order valence-electron chi connectivity index (χ2n) is 4.95. The van der Waals surface area contributed by atoms with Gasteiger partial charge in [-0.1, -0.05) is 35.3 Å². The molecule has 5 nitrogen and oxygen atoms in total. The Hall–Kier alpha value is -2.41. The average molecular weight is 392 g/mol. The quantitative estimate of drug-likeness (QED) is 0.660. The molecule has 2 amide bonds. The fraction of sp³-hybridized carbons (Fsp3) is 0. The molecule has 2 heterocycles. The van der Waals surface area contributed by atoms with E-state index in [0.717, 1.165) is 0 Å². The number of nitrogens with zero attached hydrogens (tertiary/aromatic N) is 1. The number of aromatic nitrogens is 1. The number of thiophene rings is 1. The maximum atomic E-state index is 12.3. The monoisotopic (exact) mass is 391 g/mol. The minimum Gasteiger partial charge on any atom is -0.321 e. The fourth-order valence-electron chi connectivity index (χ4n) is 2.01. The number of hydrogen-bond acceptors (Lipinski definition) is 4. The standard InChI is InChI=1S/C17H11Cl2N3O2S/c18-12-8-15(20-9-13(12)19)22-16(23)10-3-1-4-11(7-10)21-17(24)14-5-2-6-25-14/h1-9H,(H,21,24)(H,20,22,23). The summed E-state index contributed by atoms with van der Waals surface area (Å²) < 4.78 is 0. The van der Waals surface area contributed by atoms with Crippen LogP contribution in [0, 0.1) is 0 Å². The van der Waals surface area contributed by atoms with Crippen molar-refractivity contribution in [3.63, 3.8) is 0 Å². The molecule has 0 aliphatic heterocycles. The van der Waals surface area contributed by atoms with Gasteiger partial charge in [0.2, 0.25) is 0 Å². The molecule has 2 N–H and O–H groups in total. The van der Waals surface area contributed by atoms with Gasteiger partial charge in [-0.25, -0.2) is 4.98 Å². The first kappa shape index (κ1) is 17.4. The molecule has 0 aliphatic carbocycles. The summed E-state index contributed by atoms with van der Waals surface area (Å²) in [6, 6.07) is 11.6. The highest BCUT2D eigenvalue weighted by Gasteiger charge is 2.11. The first-order chi connectivity index (χ1) is 12.0. The van der Waals surface area contributed by atoms with Crippen molar-refractivity contribution in [2.75, 3.05) is 10.6 Å². The van der Waals surface area contributed by atoms with Crippen LogP contribution < -0.4 is 10.6 Å². The third kappa shape index (κ3) is 4.36. The second kappa shape index (κ2) is 7.65. The van der Waals surface area contributed by atoms with E-state index in [1.165, 1.54) is 23.6 Å². The summed E-state index contributed by atoms with van der Waals surface area (Å²) in [5.41, 5.74) is 0.894. The van der Waals surface area contributed by atoms with Crippen molar-refractivity contribution in [3.8, 4) is 0 Å². The van der Waals surface area contributed by atoms with Gasteiger partial charge in [-0.3, -0.25) is 9.59 Å². The Morgan fingerprint density at radius 2 is 1.80 bits per heavy atom. The van der Waals surface area contributed by atoms with E-state index in [2.05, 4.69) is 15.6 Å². The number of hydrogen-bond donors (Lipinski definition) is 2. The third-order valence-electron chi connectivity index (χ3n) is 3.18. The summed E-state index contributed by atoms with van der Waals surface area (Å²) in [4.78, 5) is 29.0. The second-order valence-corrected chi connectivity index (χ2v) is 6.71. The van der Waals surface area contributed by atoms with Gasteiger partial charge in [0.25, 0.3) is 11.8 Å². The summed E-state index contributed by atoms with van der Waals surface area (Å²) in [5, 5.41) is 7.81. The zero-order chi connectivity index (χ0) is 17.8. The van der Waals surface area contributed by atoms with Gasteiger partial charge in [0, 0.05) is 23.5 Å². The van der Waals surface area contributed by atoms with E-state index in [0.29, 0.717) is 26.2 Å². The topological polar surface area (TPSA) is 71.1 Å². The van der Waals surface area contributed by atoms with Gasteiger partial charge in [-0.15, -0.1) is 11.3 Å². The van der Waals surface area contributed by atoms with Crippen LogP contribution in [-0.4, -0.2) is 16.8 Å². The molecule has 0 saturated carbocycles. The Balaban J connectivity index is 1.73. The Morgan fingerprint density at radius 1 is 0.960 bits per heavy atom. The molecule has 0 spiro atoms. The normalized spacial score (nSPS) is 10.3. The number of nitrogens with one attached hydrogen (secondary N) is 2. The lowest BCUT2D eigenvalue weighted by atomic mass is 10.2. The van der Waals surface area contributed by atoms with E-state index < -0.39 is 0 Å². The van der Waals surface area contributed by atoms with Crippen LogP contribution in [0.25, 0.3) is 0 Å². The Morgan fingerprint density at radius 3 is 2.52 bits per heavy atom. The van der Waals surface area contributed by atoms with E-state index >= 15 is 0 Å². The minimum atomic E-state index is -0.377. The van der Waals surface area contributed by atoms with Crippen LogP contribution in [0.1, 0.15) is 20.0 Å². The summed E-state index contributed by atoms with van der Waals surface area (Å²) in [5.74, 6) is -0.316. The van der Waals surface area contributed by atoms with Crippen molar-refractivity contribution in [2.24, 2.45) is 0 Å². The summed E-state index contributed by atoms with van der Waals surface area (Å²) in [7, 11) is 0. The highest BCUT2D eigenvalue weighted by Crippen LogP contribution is 2.23. The third-order valence-corrected chi connectivity index (χ3v) is 4.76. The molecule has 0 saturated heterocycles. The average Bonchev–Trinajstić information content (AvgIpc) is 3.13. The Bertz CT molecular complexity index is 929. The van der Waals surface area contributed by atoms with E-state index in [-0.39, 0.29) is 17.6 Å². The van der Waals surface area contributed by atoms with E-state index in [4.69, 9.17) is 23.2 Å². The highest BCUT2D eigenvalue weighted by molar-refractivity contribution is 7.12. The van der Waals surface area contributed by atoms with Crippen molar-refractivity contribution in [1.29, 1.82) is 0 Å². The maximum absolute atomic E-state index is 12.3. The van der Waals surface area contributed by atoms with E-state index in [9.17, 15) is 9.59 Å². The molecule has 3 aromatic rings. The van der Waals surface area contributed by atoms with Crippen LogP contribution in [0.2, 0.25) is 10.0 Å². The molecule has 0 bridgehead atoms. The minimum absolute atomic E-state index is 0.223. The van der Waals surface area contributed by atoms with Crippen LogP contribution in [0.5, 0.6) is 0 Å². The van der Waals surface area contributed by atoms with Gasteiger partial charge in [-0.05, 0) is 29.6 Å². The molecule has 8 heteroatoms. The van der Waals surface area contributed by atoms with Crippen molar-refractivity contribution >= 4 is 57.9 Å². The fourth-order valence-corrected chi connectivity index (χ4v) is 2.88. The number of halogens is 2. The largest absolute Gasteiger partial charge is 0.321 e. The number of benzene rings is 1. The van der Waals surface area contributed by atoms with Crippen LogP contribution in [-0.2, 0) is 0 Å². The van der Waals surface area contributed by atoms with Gasteiger partial charge < -0.3 is 10.6 Å². The molecule has 2 aromatic heterocycles. The molecule has 0 fully saturated rings. The number of anilines is 2. The molecule has 0 atom stereocenters. The van der Waals surface area contributed by atoms with Gasteiger partial charge >= 0.3 is 0 Å². The van der Waals surface area contributed by atoms with Crippen molar-refractivity contribution in [1.82, 2.24) is 4.98 Å². The number of carbonyl (C=O) groups excluding carboxylic acids is 2. The molecular weight excluding hydrogens is 381 g/mol. The SMILES string of the molecule is O=C(Nc1cc(Cl)c(Cl)cn1)c1cccc(NC(=O)c2cccs2)c1. The van der Waals surface area contributed by atoms with Crippen LogP contribution >= 0.6 is 34.5 Å². The Kier molecular flexibility index (Phi) is 5.33. The number of amides is 2. The van der Waals surface area contributed by atoms with Gasteiger partial charge in [0.1, 0.15) is 5.82 Å². The number of pyridine rings is 1. The molecule has 0 unspecified atom stereocenters. The predicted octanol–water partition coefficient (Wildman–Crippen LogP) is 4.95. The smallest absolute Gasteiger partial charge is 0.265 e. The zero-order valence-corrected chi connectivity index (χ0v) is 15.0. The van der Waals surface area contributed by atoms with Crippen LogP contribution in [0.15, 0.2) is 54.0 Å². The first-order valence-electron chi connectivity index (χ1n) is 7.10. The molecule has 3 rings (SSSR count). The summed E-state index contributed by atoms with van der Waals surface area (Å²) >= 11 is 13.0. The lowest BCUT2D eigenvalue weighted by molar-refractivity contribution is 0.101. The van der Waals surface area contributed by atoms with Crippen molar-refractivity contribution in [3.05, 3.63) is 74.5 Å². The zero-order valence-electron chi connectivity index (χ0n) is 12.6. The number of carbonyl (C=O) groups is 2. The summed E-state index contributed by atoms with van der Waals surface area (Å²) in [6.07, 6.45) is 1.36.